The van der Waals surface area contributed by atoms with Crippen molar-refractivity contribution >= 4 is 19.7 Å². The van der Waals surface area contributed by atoms with Crippen molar-refractivity contribution in [1.82, 2.24) is 0 Å². The minimum Gasteiger partial charge on any atom is -0.377 e. The van der Waals surface area contributed by atoms with E-state index in [9.17, 15) is 16.8 Å². The maximum Gasteiger partial charge on any atom is 0.196 e. The SMILES string of the molecule is O=S(=O)(c1ccccc1)C(CCOCc1ccccc1)S(=O)(=O)c1ccccc1. The van der Waals surface area contributed by atoms with Crippen molar-refractivity contribution in [2.45, 2.75) is 27.4 Å². The monoisotopic (exact) mass is 430 g/mol. The molecule has 5 nitrogen and oxygen atoms in total. The van der Waals surface area contributed by atoms with Crippen molar-refractivity contribution in [3.05, 3.63) is 96.6 Å². The number of hydrogen-bond acceptors (Lipinski definition) is 5. The molecule has 0 aliphatic rings. The molecule has 0 aromatic heterocycles. The van der Waals surface area contributed by atoms with Gasteiger partial charge in [-0.25, -0.2) is 16.8 Å². The molecule has 0 unspecified atom stereocenters. The fourth-order valence-electron chi connectivity index (χ4n) is 2.94. The van der Waals surface area contributed by atoms with Crippen molar-refractivity contribution in [1.29, 1.82) is 0 Å². The van der Waals surface area contributed by atoms with Crippen LogP contribution in [-0.4, -0.2) is 28.0 Å². The fourth-order valence-corrected chi connectivity index (χ4v) is 7.44. The Labute approximate surface area is 171 Å². The Morgan fingerprint density at radius 2 is 1.03 bits per heavy atom. The average molecular weight is 431 g/mol. The smallest absolute Gasteiger partial charge is 0.196 e. The van der Waals surface area contributed by atoms with Crippen LogP contribution in [0.4, 0.5) is 0 Å². The lowest BCUT2D eigenvalue weighted by molar-refractivity contribution is 0.120. The molecule has 0 saturated carbocycles. The van der Waals surface area contributed by atoms with E-state index >= 15 is 0 Å². The summed E-state index contributed by atoms with van der Waals surface area (Å²) < 4.78 is 56.7. The van der Waals surface area contributed by atoms with Crippen LogP contribution in [0.5, 0.6) is 0 Å². The number of sulfone groups is 2. The predicted molar refractivity (Wildman–Crippen MR) is 112 cm³/mol. The highest BCUT2D eigenvalue weighted by molar-refractivity contribution is 8.09. The molecular weight excluding hydrogens is 408 g/mol. The summed E-state index contributed by atoms with van der Waals surface area (Å²) in [5.41, 5.74) is 0.931. The van der Waals surface area contributed by atoms with Gasteiger partial charge in [0.05, 0.1) is 16.4 Å². The molecule has 0 atom stereocenters. The molecule has 29 heavy (non-hydrogen) atoms. The van der Waals surface area contributed by atoms with Crippen molar-refractivity contribution in [3.8, 4) is 0 Å². The van der Waals surface area contributed by atoms with Crippen LogP contribution >= 0.6 is 0 Å². The maximum atomic E-state index is 13.2. The van der Waals surface area contributed by atoms with Gasteiger partial charge in [0.1, 0.15) is 0 Å². The van der Waals surface area contributed by atoms with Crippen LogP contribution in [0, 0.1) is 0 Å². The summed E-state index contributed by atoms with van der Waals surface area (Å²) in [6.45, 7) is 0.280. The minimum atomic E-state index is -4.12. The second-order valence-electron chi connectivity index (χ2n) is 6.47. The van der Waals surface area contributed by atoms with E-state index in [1.165, 1.54) is 24.3 Å². The van der Waals surface area contributed by atoms with Gasteiger partial charge in [0.2, 0.25) is 0 Å². The van der Waals surface area contributed by atoms with Crippen molar-refractivity contribution in [2.24, 2.45) is 0 Å². The molecule has 7 heteroatoms. The molecule has 0 fully saturated rings. The lowest BCUT2D eigenvalue weighted by Crippen LogP contribution is -2.32. The quantitative estimate of drug-likeness (QED) is 0.482. The van der Waals surface area contributed by atoms with E-state index in [-0.39, 0.29) is 29.4 Å². The van der Waals surface area contributed by atoms with Gasteiger partial charge in [-0.05, 0) is 29.8 Å². The second-order valence-corrected chi connectivity index (χ2v) is 11.0. The maximum absolute atomic E-state index is 13.2. The Balaban J connectivity index is 1.86. The van der Waals surface area contributed by atoms with Crippen molar-refractivity contribution in [3.63, 3.8) is 0 Å². The largest absolute Gasteiger partial charge is 0.377 e. The molecule has 0 saturated heterocycles. The van der Waals surface area contributed by atoms with Crippen LogP contribution in [0.15, 0.2) is 101 Å². The van der Waals surface area contributed by atoms with Gasteiger partial charge in [-0.1, -0.05) is 66.7 Å². The first-order chi connectivity index (χ1) is 13.9. The zero-order valence-corrected chi connectivity index (χ0v) is 17.3. The lowest BCUT2D eigenvalue weighted by atomic mass is 10.2. The van der Waals surface area contributed by atoms with Crippen molar-refractivity contribution < 1.29 is 21.6 Å². The van der Waals surface area contributed by atoms with Gasteiger partial charge >= 0.3 is 0 Å². The molecule has 3 aromatic carbocycles. The molecule has 3 rings (SSSR count). The normalized spacial score (nSPS) is 12.2. The van der Waals surface area contributed by atoms with E-state index < -0.39 is 24.3 Å². The zero-order chi connectivity index (χ0) is 20.7. The van der Waals surface area contributed by atoms with E-state index in [1.54, 1.807) is 36.4 Å². The summed E-state index contributed by atoms with van der Waals surface area (Å²) >= 11 is 0. The summed E-state index contributed by atoms with van der Waals surface area (Å²) in [4.78, 5) is -0.0415. The van der Waals surface area contributed by atoms with Crippen LogP contribution in [0.25, 0.3) is 0 Å². The highest BCUT2D eigenvalue weighted by Crippen LogP contribution is 2.28. The number of ether oxygens (including phenoxy) is 1. The predicted octanol–water partition coefficient (Wildman–Crippen LogP) is 3.87. The summed E-state index contributed by atoms with van der Waals surface area (Å²) in [5.74, 6) is 0. The van der Waals surface area contributed by atoms with E-state index in [2.05, 4.69) is 0 Å². The fraction of sp³-hybridized carbons (Fsp3) is 0.182. The second kappa shape index (κ2) is 9.35. The topological polar surface area (TPSA) is 77.5 Å². The third kappa shape index (κ3) is 5.12. The summed E-state index contributed by atoms with van der Waals surface area (Å²) in [5, 5.41) is 0. The standard InChI is InChI=1S/C22H22O5S2/c23-28(24,20-12-6-2-7-13-20)22(29(25,26)21-14-8-3-9-15-21)16-17-27-18-19-10-4-1-5-11-19/h1-15,22H,16-18H2. The number of benzene rings is 3. The van der Waals surface area contributed by atoms with Crippen LogP contribution in [0.3, 0.4) is 0 Å². The van der Waals surface area contributed by atoms with Crippen LogP contribution in [0.1, 0.15) is 12.0 Å². The Morgan fingerprint density at radius 3 is 1.48 bits per heavy atom. The summed E-state index contributed by atoms with van der Waals surface area (Å²) in [6.07, 6.45) is -0.165. The molecule has 0 aliphatic heterocycles. The van der Waals surface area contributed by atoms with Gasteiger partial charge < -0.3 is 4.74 Å². The molecular formula is C22H22O5S2. The molecule has 0 spiro atoms. The first kappa shape index (κ1) is 21.2. The summed E-state index contributed by atoms with van der Waals surface area (Å²) in [7, 11) is -8.24. The summed E-state index contributed by atoms with van der Waals surface area (Å²) in [6, 6.07) is 24.7. The van der Waals surface area contributed by atoms with Gasteiger partial charge in [-0.2, -0.15) is 0 Å². The van der Waals surface area contributed by atoms with Crippen LogP contribution in [-0.2, 0) is 31.0 Å². The third-order valence-electron chi connectivity index (χ3n) is 4.45. The Bertz CT molecular complexity index is 1040. The number of rotatable bonds is 9. The van der Waals surface area contributed by atoms with Crippen molar-refractivity contribution in [2.75, 3.05) is 6.61 Å². The molecule has 152 valence electrons. The highest BCUT2D eigenvalue weighted by atomic mass is 32.3. The number of hydrogen-bond donors (Lipinski definition) is 0. The van der Waals surface area contributed by atoms with E-state index in [0.29, 0.717) is 0 Å². The van der Waals surface area contributed by atoms with Crippen LogP contribution < -0.4 is 0 Å². The van der Waals surface area contributed by atoms with Crippen LogP contribution in [0.2, 0.25) is 0 Å². The van der Waals surface area contributed by atoms with Gasteiger partial charge in [0, 0.05) is 13.0 Å². The first-order valence-corrected chi connectivity index (χ1v) is 12.2. The van der Waals surface area contributed by atoms with E-state index in [0.717, 1.165) is 5.56 Å². The van der Waals surface area contributed by atoms with E-state index in [4.69, 9.17) is 4.74 Å². The molecule has 0 radical (unpaired) electrons. The Morgan fingerprint density at radius 1 is 0.621 bits per heavy atom. The molecule has 0 N–H and O–H groups in total. The van der Waals surface area contributed by atoms with Gasteiger partial charge in [0.25, 0.3) is 0 Å². The minimum absolute atomic E-state index is 0.00229. The Kier molecular flexibility index (Phi) is 6.84. The molecule has 0 heterocycles. The van der Waals surface area contributed by atoms with Gasteiger partial charge in [-0.3, -0.25) is 0 Å². The van der Waals surface area contributed by atoms with E-state index in [1.807, 2.05) is 30.3 Å². The third-order valence-corrected chi connectivity index (χ3v) is 9.68. The molecule has 3 aromatic rings. The Hall–Kier alpha value is -2.48. The average Bonchev–Trinajstić information content (AvgIpc) is 2.75. The molecule has 0 aliphatic carbocycles. The van der Waals surface area contributed by atoms with Gasteiger partial charge in [-0.15, -0.1) is 0 Å². The van der Waals surface area contributed by atoms with Gasteiger partial charge in [0.15, 0.2) is 24.3 Å². The first-order valence-electron chi connectivity index (χ1n) is 9.12. The highest BCUT2D eigenvalue weighted by Gasteiger charge is 2.39. The molecule has 0 amide bonds. The molecule has 0 bridgehead atoms. The zero-order valence-electron chi connectivity index (χ0n) is 15.7. The lowest BCUT2D eigenvalue weighted by Gasteiger charge is -2.19.